The lowest BCUT2D eigenvalue weighted by Gasteiger charge is -2.21. The average Bonchev–Trinajstić information content (AvgIpc) is 2.92. The van der Waals surface area contributed by atoms with Crippen molar-refractivity contribution in [2.24, 2.45) is 0 Å². The van der Waals surface area contributed by atoms with Crippen molar-refractivity contribution in [2.75, 3.05) is 0 Å². The minimum atomic E-state index is -1.17. The van der Waals surface area contributed by atoms with E-state index in [1.54, 1.807) is 18.2 Å². The first-order valence-electron chi connectivity index (χ1n) is 8.09. The molecule has 2 aromatic carbocycles. The molecule has 1 aliphatic rings. The van der Waals surface area contributed by atoms with Crippen LogP contribution in [-0.2, 0) is 6.54 Å². The molecule has 1 N–H and O–H groups in total. The van der Waals surface area contributed by atoms with E-state index in [0.717, 1.165) is 5.56 Å². The maximum absolute atomic E-state index is 14.6. The fourth-order valence-electron chi connectivity index (χ4n) is 3.33. The third kappa shape index (κ3) is 2.41. The van der Waals surface area contributed by atoms with Gasteiger partial charge in [-0.15, -0.1) is 0 Å². The van der Waals surface area contributed by atoms with Crippen LogP contribution in [0.15, 0.2) is 59.4 Å². The Morgan fingerprint density at radius 3 is 2.67 bits per heavy atom. The van der Waals surface area contributed by atoms with Gasteiger partial charge in [0.2, 0.25) is 0 Å². The molecule has 5 heteroatoms. The number of fused-ring (bicyclic) bond motifs is 2. The lowest BCUT2D eigenvalue weighted by atomic mass is 10.1. The zero-order valence-electron chi connectivity index (χ0n) is 13.3. The van der Waals surface area contributed by atoms with Gasteiger partial charge in [0.15, 0.2) is 0 Å². The molecule has 1 aromatic heterocycles. The molecule has 0 fully saturated rings. The van der Waals surface area contributed by atoms with E-state index in [2.05, 4.69) is 10.3 Å². The summed E-state index contributed by atoms with van der Waals surface area (Å²) in [5.74, 6) is 0.481. The number of hydrogen-bond donors (Lipinski definition) is 1. The van der Waals surface area contributed by atoms with Gasteiger partial charge in [-0.3, -0.25) is 14.7 Å². The predicted octanol–water partition coefficient (Wildman–Crippen LogP) is 3.14. The molecule has 0 spiro atoms. The molecule has 4 nitrogen and oxygen atoms in total. The van der Waals surface area contributed by atoms with E-state index in [1.807, 2.05) is 43.3 Å². The third-order valence-corrected chi connectivity index (χ3v) is 4.62. The number of benzene rings is 2. The van der Waals surface area contributed by atoms with Crippen LogP contribution in [0.4, 0.5) is 4.39 Å². The first kappa shape index (κ1) is 15.0. The lowest BCUT2D eigenvalue weighted by Crippen LogP contribution is -2.30. The van der Waals surface area contributed by atoms with E-state index in [9.17, 15) is 9.18 Å². The second-order valence-corrected chi connectivity index (χ2v) is 6.20. The SMILES string of the molecule is C[C@H](NC1c2nc3ccccc3c(=O)n2CC1F)c1ccccc1. The van der Waals surface area contributed by atoms with E-state index in [-0.39, 0.29) is 18.1 Å². The molecular formula is C19H18FN3O. The van der Waals surface area contributed by atoms with Gasteiger partial charge in [-0.1, -0.05) is 42.5 Å². The summed E-state index contributed by atoms with van der Waals surface area (Å²) in [5.41, 5.74) is 1.52. The average molecular weight is 323 g/mol. The van der Waals surface area contributed by atoms with Crippen LogP contribution >= 0.6 is 0 Å². The fourth-order valence-corrected chi connectivity index (χ4v) is 3.33. The molecule has 0 saturated carbocycles. The van der Waals surface area contributed by atoms with E-state index >= 15 is 0 Å². The summed E-state index contributed by atoms with van der Waals surface area (Å²) in [6, 6.07) is 16.4. The van der Waals surface area contributed by atoms with Crippen molar-refractivity contribution < 1.29 is 4.39 Å². The van der Waals surface area contributed by atoms with Crippen molar-refractivity contribution in [3.8, 4) is 0 Å². The molecule has 3 atom stereocenters. The van der Waals surface area contributed by atoms with E-state index < -0.39 is 12.2 Å². The highest BCUT2D eigenvalue weighted by Gasteiger charge is 2.36. The molecule has 2 unspecified atom stereocenters. The highest BCUT2D eigenvalue weighted by Crippen LogP contribution is 2.29. The minimum absolute atomic E-state index is 0.0376. The second kappa shape index (κ2) is 5.83. The van der Waals surface area contributed by atoms with Gasteiger partial charge in [-0.25, -0.2) is 9.37 Å². The molecule has 4 rings (SSSR count). The Morgan fingerprint density at radius 2 is 1.88 bits per heavy atom. The molecule has 2 heterocycles. The van der Waals surface area contributed by atoms with Crippen molar-refractivity contribution in [3.05, 3.63) is 76.3 Å². The molecule has 0 bridgehead atoms. The highest BCUT2D eigenvalue weighted by atomic mass is 19.1. The summed E-state index contributed by atoms with van der Waals surface area (Å²) < 4.78 is 16.1. The number of halogens is 1. The smallest absolute Gasteiger partial charge is 0.261 e. The molecular weight excluding hydrogens is 305 g/mol. The topological polar surface area (TPSA) is 46.9 Å². The van der Waals surface area contributed by atoms with Gasteiger partial charge >= 0.3 is 0 Å². The van der Waals surface area contributed by atoms with Crippen LogP contribution in [0, 0.1) is 0 Å². The maximum atomic E-state index is 14.6. The molecule has 0 saturated heterocycles. The molecule has 0 aliphatic carbocycles. The second-order valence-electron chi connectivity index (χ2n) is 6.20. The normalized spacial score (nSPS) is 20.9. The molecule has 1 aliphatic heterocycles. The zero-order chi connectivity index (χ0) is 16.7. The van der Waals surface area contributed by atoms with Gasteiger partial charge in [0.25, 0.3) is 5.56 Å². The summed E-state index contributed by atoms with van der Waals surface area (Å²) in [6.07, 6.45) is -1.17. The van der Waals surface area contributed by atoms with Crippen LogP contribution in [0.2, 0.25) is 0 Å². The van der Waals surface area contributed by atoms with Gasteiger partial charge in [0.05, 0.1) is 23.5 Å². The van der Waals surface area contributed by atoms with Crippen molar-refractivity contribution in [2.45, 2.75) is 31.7 Å². The molecule has 3 aromatic rings. The lowest BCUT2D eigenvalue weighted by molar-refractivity contribution is 0.248. The summed E-state index contributed by atoms with van der Waals surface area (Å²) in [4.78, 5) is 17.2. The number of rotatable bonds is 3. The number of aromatic nitrogens is 2. The van der Waals surface area contributed by atoms with Crippen LogP contribution < -0.4 is 10.9 Å². The monoisotopic (exact) mass is 323 g/mol. The maximum Gasteiger partial charge on any atom is 0.261 e. The first-order chi connectivity index (χ1) is 11.6. The third-order valence-electron chi connectivity index (χ3n) is 4.62. The fraction of sp³-hybridized carbons (Fsp3) is 0.263. The summed E-state index contributed by atoms with van der Waals surface area (Å²) in [7, 11) is 0. The molecule has 24 heavy (non-hydrogen) atoms. The van der Waals surface area contributed by atoms with Crippen LogP contribution in [0.25, 0.3) is 10.9 Å². The quantitative estimate of drug-likeness (QED) is 0.805. The predicted molar refractivity (Wildman–Crippen MR) is 91.6 cm³/mol. The van der Waals surface area contributed by atoms with Gasteiger partial charge < -0.3 is 0 Å². The van der Waals surface area contributed by atoms with Crippen molar-refractivity contribution in [1.82, 2.24) is 14.9 Å². The van der Waals surface area contributed by atoms with Crippen LogP contribution in [0.1, 0.15) is 30.4 Å². The number of nitrogens with zero attached hydrogens (tertiary/aromatic N) is 2. The zero-order valence-corrected chi connectivity index (χ0v) is 13.3. The van der Waals surface area contributed by atoms with Crippen LogP contribution in [0.5, 0.6) is 0 Å². The van der Waals surface area contributed by atoms with E-state index in [4.69, 9.17) is 0 Å². The van der Waals surface area contributed by atoms with E-state index in [1.165, 1.54) is 4.57 Å². The number of hydrogen-bond acceptors (Lipinski definition) is 3. The van der Waals surface area contributed by atoms with Gasteiger partial charge in [0.1, 0.15) is 12.0 Å². The van der Waals surface area contributed by atoms with Crippen LogP contribution in [-0.4, -0.2) is 15.7 Å². The molecule has 0 radical (unpaired) electrons. The Labute approximate surface area is 139 Å². The van der Waals surface area contributed by atoms with E-state index in [0.29, 0.717) is 16.7 Å². The van der Waals surface area contributed by atoms with Gasteiger partial charge in [-0.2, -0.15) is 0 Å². The van der Waals surface area contributed by atoms with Crippen molar-refractivity contribution in [3.63, 3.8) is 0 Å². The van der Waals surface area contributed by atoms with Gasteiger partial charge in [-0.05, 0) is 24.6 Å². The summed E-state index contributed by atoms with van der Waals surface area (Å²) >= 11 is 0. The Morgan fingerprint density at radius 1 is 1.17 bits per heavy atom. The van der Waals surface area contributed by atoms with Gasteiger partial charge in [0, 0.05) is 6.04 Å². The number of nitrogens with one attached hydrogen (secondary N) is 1. The Hall–Kier alpha value is -2.53. The van der Waals surface area contributed by atoms with Crippen LogP contribution in [0.3, 0.4) is 0 Å². The highest BCUT2D eigenvalue weighted by molar-refractivity contribution is 5.77. The minimum Gasteiger partial charge on any atom is -0.298 e. The standard InChI is InChI=1S/C19H18FN3O/c1-12(13-7-3-2-4-8-13)21-17-15(20)11-23-18(17)22-16-10-6-5-9-14(16)19(23)24/h2-10,12,15,17,21H,11H2,1H3/t12-,15?,17?/m0/s1. The Kier molecular flexibility index (Phi) is 3.65. The summed E-state index contributed by atoms with van der Waals surface area (Å²) in [5, 5.41) is 3.83. The summed E-state index contributed by atoms with van der Waals surface area (Å²) in [6.45, 7) is 2.04. The number of para-hydroxylation sites is 1. The molecule has 0 amide bonds. The largest absolute Gasteiger partial charge is 0.298 e. The molecule has 122 valence electrons. The Bertz CT molecular complexity index is 938. The van der Waals surface area contributed by atoms with Crippen molar-refractivity contribution >= 4 is 10.9 Å². The first-order valence-corrected chi connectivity index (χ1v) is 8.09. The number of alkyl halides is 1. The Balaban J connectivity index is 1.73. The van der Waals surface area contributed by atoms with Crippen molar-refractivity contribution in [1.29, 1.82) is 0 Å².